The molecule has 0 aliphatic rings. The average Bonchev–Trinajstić information content (AvgIpc) is 2.41. The topological polar surface area (TPSA) is 41.9 Å². The van der Waals surface area contributed by atoms with Crippen molar-refractivity contribution in [3.8, 4) is 0 Å². The molecular formula is C14H17ClN4. The predicted molar refractivity (Wildman–Crippen MR) is 77.5 cm³/mol. The van der Waals surface area contributed by atoms with Crippen LogP contribution >= 0.6 is 11.6 Å². The molecule has 2 aromatic rings. The van der Waals surface area contributed by atoms with Crippen LogP contribution in [-0.2, 0) is 6.54 Å². The van der Waals surface area contributed by atoms with E-state index in [9.17, 15) is 0 Å². The van der Waals surface area contributed by atoms with Gasteiger partial charge in [-0.1, -0.05) is 17.7 Å². The van der Waals surface area contributed by atoms with Gasteiger partial charge < -0.3 is 4.90 Å². The maximum absolute atomic E-state index is 6.13. The van der Waals surface area contributed by atoms with E-state index in [0.29, 0.717) is 17.5 Å². The van der Waals surface area contributed by atoms with Gasteiger partial charge in [0.25, 0.3) is 0 Å². The summed E-state index contributed by atoms with van der Waals surface area (Å²) in [6.45, 7) is 7.44. The van der Waals surface area contributed by atoms with Crippen molar-refractivity contribution in [1.29, 1.82) is 0 Å². The number of nitrogens with zero attached hydrogens (tertiary/aromatic N) is 4. The van der Waals surface area contributed by atoms with Crippen molar-refractivity contribution in [2.75, 3.05) is 11.4 Å². The lowest BCUT2D eigenvalue weighted by Gasteiger charge is -2.23. The summed E-state index contributed by atoms with van der Waals surface area (Å²) in [5.74, 6) is 1.57. The van der Waals surface area contributed by atoms with Gasteiger partial charge in [0, 0.05) is 18.3 Å². The van der Waals surface area contributed by atoms with Crippen LogP contribution in [0, 0.1) is 13.8 Å². The van der Waals surface area contributed by atoms with Crippen LogP contribution in [-0.4, -0.2) is 21.5 Å². The molecule has 100 valence electrons. The second-order valence-electron chi connectivity index (χ2n) is 4.35. The van der Waals surface area contributed by atoms with Crippen molar-refractivity contribution in [2.24, 2.45) is 0 Å². The standard InChI is InChI=1S/C14H17ClN4/c1-4-19(9-12-7-5-6-8-16-12)14-10(2)13(15)17-11(3)18-14/h5-8H,4,9H2,1-3H3. The molecule has 4 nitrogen and oxygen atoms in total. The summed E-state index contributed by atoms with van der Waals surface area (Å²) in [6, 6.07) is 5.91. The van der Waals surface area contributed by atoms with Crippen LogP contribution < -0.4 is 4.90 Å². The third-order valence-corrected chi connectivity index (χ3v) is 3.30. The van der Waals surface area contributed by atoms with E-state index in [1.54, 1.807) is 6.20 Å². The summed E-state index contributed by atoms with van der Waals surface area (Å²) in [5, 5.41) is 0.516. The van der Waals surface area contributed by atoms with Gasteiger partial charge in [-0.2, -0.15) is 0 Å². The van der Waals surface area contributed by atoms with Crippen LogP contribution in [0.1, 0.15) is 24.0 Å². The first-order valence-corrected chi connectivity index (χ1v) is 6.65. The first-order chi connectivity index (χ1) is 9.11. The van der Waals surface area contributed by atoms with Crippen molar-refractivity contribution in [3.05, 3.63) is 46.6 Å². The third kappa shape index (κ3) is 3.20. The van der Waals surface area contributed by atoms with Crippen LogP contribution in [0.3, 0.4) is 0 Å². The fraction of sp³-hybridized carbons (Fsp3) is 0.357. The van der Waals surface area contributed by atoms with Crippen LogP contribution in [0.15, 0.2) is 24.4 Å². The number of rotatable bonds is 4. The number of aryl methyl sites for hydroxylation is 1. The van der Waals surface area contributed by atoms with Gasteiger partial charge in [-0.25, -0.2) is 9.97 Å². The van der Waals surface area contributed by atoms with Crippen molar-refractivity contribution < 1.29 is 0 Å². The fourth-order valence-electron chi connectivity index (χ4n) is 1.91. The minimum Gasteiger partial charge on any atom is -0.351 e. The molecule has 0 bridgehead atoms. The second-order valence-corrected chi connectivity index (χ2v) is 4.70. The molecule has 0 unspecified atom stereocenters. The number of aromatic nitrogens is 3. The van der Waals surface area contributed by atoms with Gasteiger partial charge in [-0.15, -0.1) is 0 Å². The van der Waals surface area contributed by atoms with Gasteiger partial charge in [0.05, 0.1) is 12.2 Å². The van der Waals surface area contributed by atoms with Gasteiger partial charge in [0.2, 0.25) is 0 Å². The summed E-state index contributed by atoms with van der Waals surface area (Å²) in [6.07, 6.45) is 1.80. The Balaban J connectivity index is 2.32. The molecule has 0 aromatic carbocycles. The monoisotopic (exact) mass is 276 g/mol. The van der Waals surface area contributed by atoms with E-state index in [1.165, 1.54) is 0 Å². The van der Waals surface area contributed by atoms with Gasteiger partial charge in [0.1, 0.15) is 16.8 Å². The fourth-order valence-corrected chi connectivity index (χ4v) is 2.12. The molecule has 2 aromatic heterocycles. The summed E-state index contributed by atoms with van der Waals surface area (Å²) >= 11 is 6.13. The lowest BCUT2D eigenvalue weighted by molar-refractivity contribution is 0.781. The van der Waals surface area contributed by atoms with Crippen molar-refractivity contribution in [3.63, 3.8) is 0 Å². The minimum absolute atomic E-state index is 0.516. The van der Waals surface area contributed by atoms with Crippen LogP contribution in [0.2, 0.25) is 5.15 Å². The minimum atomic E-state index is 0.516. The quantitative estimate of drug-likeness (QED) is 0.805. The Morgan fingerprint density at radius 3 is 2.63 bits per heavy atom. The largest absolute Gasteiger partial charge is 0.351 e. The Kier molecular flexibility index (Phi) is 4.32. The van der Waals surface area contributed by atoms with Gasteiger partial charge in [0.15, 0.2) is 0 Å². The molecular weight excluding hydrogens is 260 g/mol. The lowest BCUT2D eigenvalue weighted by atomic mass is 10.2. The maximum atomic E-state index is 6.13. The summed E-state index contributed by atoms with van der Waals surface area (Å²) in [7, 11) is 0. The Labute approximate surface area is 118 Å². The highest BCUT2D eigenvalue weighted by molar-refractivity contribution is 6.30. The van der Waals surface area contributed by atoms with Crippen molar-refractivity contribution >= 4 is 17.4 Å². The molecule has 0 saturated heterocycles. The van der Waals surface area contributed by atoms with Crippen LogP contribution in [0.5, 0.6) is 0 Å². The normalized spacial score (nSPS) is 10.5. The molecule has 0 aliphatic carbocycles. The molecule has 0 spiro atoms. The predicted octanol–water partition coefficient (Wildman–Crippen LogP) is 3.17. The molecule has 2 heterocycles. The number of anilines is 1. The third-order valence-electron chi connectivity index (χ3n) is 2.93. The molecule has 0 radical (unpaired) electrons. The number of halogens is 1. The number of hydrogen-bond donors (Lipinski definition) is 0. The van der Waals surface area contributed by atoms with E-state index in [0.717, 1.165) is 23.6 Å². The highest BCUT2D eigenvalue weighted by Gasteiger charge is 2.14. The molecule has 0 saturated carbocycles. The van der Waals surface area contributed by atoms with E-state index in [-0.39, 0.29) is 0 Å². The zero-order valence-corrected chi connectivity index (χ0v) is 12.1. The average molecular weight is 277 g/mol. The van der Waals surface area contributed by atoms with Crippen LogP contribution in [0.25, 0.3) is 0 Å². The Bertz CT molecular complexity index is 557. The molecule has 2 rings (SSSR count). The molecule has 0 amide bonds. The molecule has 19 heavy (non-hydrogen) atoms. The Morgan fingerprint density at radius 1 is 1.21 bits per heavy atom. The van der Waals surface area contributed by atoms with E-state index in [2.05, 4.69) is 26.8 Å². The van der Waals surface area contributed by atoms with Crippen molar-refractivity contribution in [2.45, 2.75) is 27.3 Å². The number of pyridine rings is 1. The highest BCUT2D eigenvalue weighted by Crippen LogP contribution is 2.24. The van der Waals surface area contributed by atoms with E-state index >= 15 is 0 Å². The SMILES string of the molecule is CCN(Cc1ccccn1)c1nc(C)nc(Cl)c1C. The maximum Gasteiger partial charge on any atom is 0.137 e. The number of hydrogen-bond acceptors (Lipinski definition) is 4. The Morgan fingerprint density at radius 2 is 2.00 bits per heavy atom. The molecule has 0 aliphatic heterocycles. The Hall–Kier alpha value is -1.68. The van der Waals surface area contributed by atoms with E-state index in [1.807, 2.05) is 32.0 Å². The molecule has 0 atom stereocenters. The summed E-state index contributed by atoms with van der Waals surface area (Å²) < 4.78 is 0. The van der Waals surface area contributed by atoms with Crippen LogP contribution in [0.4, 0.5) is 5.82 Å². The highest BCUT2D eigenvalue weighted by atomic mass is 35.5. The van der Waals surface area contributed by atoms with Gasteiger partial charge >= 0.3 is 0 Å². The second kappa shape index (κ2) is 5.97. The molecule has 5 heteroatoms. The van der Waals surface area contributed by atoms with Crippen molar-refractivity contribution in [1.82, 2.24) is 15.0 Å². The first kappa shape index (κ1) is 13.7. The van der Waals surface area contributed by atoms with E-state index < -0.39 is 0 Å². The van der Waals surface area contributed by atoms with E-state index in [4.69, 9.17) is 11.6 Å². The molecule has 0 N–H and O–H groups in total. The first-order valence-electron chi connectivity index (χ1n) is 6.27. The summed E-state index contributed by atoms with van der Waals surface area (Å²) in [5.41, 5.74) is 1.92. The van der Waals surface area contributed by atoms with Gasteiger partial charge in [-0.05, 0) is 32.9 Å². The summed E-state index contributed by atoms with van der Waals surface area (Å²) in [4.78, 5) is 15.2. The molecule has 0 fully saturated rings. The zero-order chi connectivity index (χ0) is 13.8. The zero-order valence-electron chi connectivity index (χ0n) is 11.4. The van der Waals surface area contributed by atoms with Gasteiger partial charge in [-0.3, -0.25) is 4.98 Å². The smallest absolute Gasteiger partial charge is 0.137 e. The lowest BCUT2D eigenvalue weighted by Crippen LogP contribution is -2.25.